The molecule has 3 aliphatic rings. The summed E-state index contributed by atoms with van der Waals surface area (Å²) in [6.45, 7) is 4.24. The molecule has 1 saturated carbocycles. The first-order valence-corrected chi connectivity index (χ1v) is 13.7. The second-order valence-corrected chi connectivity index (χ2v) is 11.3. The minimum atomic E-state index is -4.59. The van der Waals surface area contributed by atoms with Gasteiger partial charge in [0, 0.05) is 25.5 Å². The molecular formula is C29H33F3N6O+. The van der Waals surface area contributed by atoms with Crippen LogP contribution in [0.1, 0.15) is 61.6 Å². The standard InChI is InChI=1S/C29H33F3N6O/c1-19-6-5-11-36(14-19)15-20-12-24(29(30,31)32)25-17-37(28(39)38(25)16-20)23-10-4-9-22(13-23)26(21-7-3-8-21)27-34-33-18-35(27)2/h4,9-10,12-13,16-19,21,26H,3,5-8,11,14-15H2,1-2H3/q+1/t19-,26-/m1/s1. The molecule has 3 aromatic rings. The number of pyridine rings is 1. The summed E-state index contributed by atoms with van der Waals surface area (Å²) >= 11 is 0. The zero-order valence-electron chi connectivity index (χ0n) is 22.2. The van der Waals surface area contributed by atoms with E-state index in [2.05, 4.69) is 22.1 Å². The van der Waals surface area contributed by atoms with E-state index in [1.165, 1.54) is 16.8 Å². The van der Waals surface area contributed by atoms with E-state index in [1.54, 1.807) is 18.6 Å². The Hall–Kier alpha value is -3.27. The first-order chi connectivity index (χ1) is 18.7. The third kappa shape index (κ3) is 4.95. The molecule has 1 aliphatic carbocycles. The van der Waals surface area contributed by atoms with Crippen LogP contribution in [0.25, 0.3) is 11.2 Å². The van der Waals surface area contributed by atoms with E-state index < -0.39 is 17.4 Å². The van der Waals surface area contributed by atoms with Crippen molar-refractivity contribution < 1.29 is 17.7 Å². The molecule has 1 radical (unpaired) electrons. The van der Waals surface area contributed by atoms with Crippen LogP contribution in [0.4, 0.5) is 13.2 Å². The maximum Gasteiger partial charge on any atom is 0.418 e. The molecule has 1 aromatic carbocycles. The van der Waals surface area contributed by atoms with Gasteiger partial charge in [0.05, 0.1) is 34.8 Å². The average molecular weight is 539 g/mol. The molecule has 7 nitrogen and oxygen atoms in total. The summed E-state index contributed by atoms with van der Waals surface area (Å²) in [6, 6.07) is 8.73. The Bertz CT molecular complexity index is 1500. The van der Waals surface area contributed by atoms with Crippen LogP contribution >= 0.6 is 0 Å². The second-order valence-electron chi connectivity index (χ2n) is 11.3. The van der Waals surface area contributed by atoms with Gasteiger partial charge in [-0.05, 0) is 78.5 Å². The van der Waals surface area contributed by atoms with Gasteiger partial charge in [-0.1, -0.05) is 25.5 Å². The minimum Gasteiger partial charge on any atom is -0.299 e. The molecule has 2 atom stereocenters. The topological polar surface area (TPSA) is 57.4 Å². The zero-order valence-corrected chi connectivity index (χ0v) is 22.2. The Morgan fingerprint density at radius 3 is 2.62 bits per heavy atom. The van der Waals surface area contributed by atoms with Crippen molar-refractivity contribution in [2.75, 3.05) is 20.1 Å². The van der Waals surface area contributed by atoms with Crippen LogP contribution in [-0.2, 0) is 12.7 Å². The van der Waals surface area contributed by atoms with Crippen LogP contribution in [0.2, 0.25) is 0 Å². The fraction of sp³-hybridized carbons (Fsp3) is 0.483. The summed E-state index contributed by atoms with van der Waals surface area (Å²) in [5.74, 6) is 0.916. The quantitative estimate of drug-likeness (QED) is 0.370. The largest absolute Gasteiger partial charge is 0.418 e. The third-order valence-electron chi connectivity index (χ3n) is 8.43. The van der Waals surface area contributed by atoms with Crippen molar-refractivity contribution in [1.82, 2.24) is 13.9 Å². The number of azo groups is 1. The Kier molecular flexibility index (Phi) is 6.69. The second kappa shape index (κ2) is 10.0. The molecule has 10 heteroatoms. The highest BCUT2D eigenvalue weighted by molar-refractivity contribution is 5.58. The van der Waals surface area contributed by atoms with Crippen molar-refractivity contribution in [3.8, 4) is 5.69 Å². The van der Waals surface area contributed by atoms with Gasteiger partial charge in [0.25, 0.3) is 0 Å². The number of hydrogen-bond acceptors (Lipinski definition) is 4. The van der Waals surface area contributed by atoms with E-state index in [0.717, 1.165) is 61.3 Å². The van der Waals surface area contributed by atoms with Gasteiger partial charge < -0.3 is 0 Å². The van der Waals surface area contributed by atoms with Gasteiger partial charge in [-0.25, -0.2) is 9.37 Å². The van der Waals surface area contributed by atoms with Crippen LogP contribution in [0.15, 0.2) is 57.7 Å². The third-order valence-corrected chi connectivity index (χ3v) is 8.43. The number of halogens is 3. The zero-order chi connectivity index (χ0) is 27.3. The van der Waals surface area contributed by atoms with E-state index in [1.807, 2.05) is 29.8 Å². The van der Waals surface area contributed by atoms with E-state index in [9.17, 15) is 18.0 Å². The number of benzene rings is 1. The van der Waals surface area contributed by atoms with E-state index in [-0.39, 0.29) is 11.4 Å². The predicted molar refractivity (Wildman–Crippen MR) is 142 cm³/mol. The summed E-state index contributed by atoms with van der Waals surface area (Å²) in [5.41, 5.74) is 0.560. The first kappa shape index (κ1) is 26.0. The van der Waals surface area contributed by atoms with Crippen molar-refractivity contribution in [1.29, 1.82) is 0 Å². The van der Waals surface area contributed by atoms with Crippen LogP contribution < -0.4 is 5.69 Å². The predicted octanol–water partition coefficient (Wildman–Crippen LogP) is 5.85. The van der Waals surface area contributed by atoms with Crippen molar-refractivity contribution in [3.05, 3.63) is 76.1 Å². The maximum absolute atomic E-state index is 14.2. The van der Waals surface area contributed by atoms with Crippen LogP contribution in [-0.4, -0.2) is 44.9 Å². The molecule has 0 bridgehead atoms. The number of aromatic nitrogens is 2. The van der Waals surface area contributed by atoms with Crippen LogP contribution in [0.5, 0.6) is 0 Å². The van der Waals surface area contributed by atoms with Gasteiger partial charge in [-0.3, -0.25) is 13.9 Å². The Morgan fingerprint density at radius 1 is 1.13 bits per heavy atom. The first-order valence-electron chi connectivity index (χ1n) is 13.7. The lowest BCUT2D eigenvalue weighted by Crippen LogP contribution is -2.34. The molecule has 2 aromatic heterocycles. The van der Waals surface area contributed by atoms with Gasteiger partial charge in [-0.2, -0.15) is 13.2 Å². The molecule has 0 unspecified atom stereocenters. The van der Waals surface area contributed by atoms with Gasteiger partial charge in [0.1, 0.15) is 0 Å². The molecule has 39 heavy (non-hydrogen) atoms. The van der Waals surface area contributed by atoms with Gasteiger partial charge in [-0.15, -0.1) is 0 Å². The molecule has 4 heterocycles. The van der Waals surface area contributed by atoms with Crippen molar-refractivity contribution in [2.24, 2.45) is 22.1 Å². The molecule has 205 valence electrons. The summed E-state index contributed by atoms with van der Waals surface area (Å²) in [7, 11) is 1.91. The molecule has 0 spiro atoms. The number of imidazole rings is 1. The number of likely N-dealkylation sites (tertiary alicyclic amines) is 1. The highest BCUT2D eigenvalue weighted by Crippen LogP contribution is 2.46. The smallest absolute Gasteiger partial charge is 0.299 e. The molecule has 2 fully saturated rings. The Balaban J connectivity index is 1.41. The molecule has 0 N–H and O–H groups in total. The van der Waals surface area contributed by atoms with Crippen molar-refractivity contribution in [2.45, 2.75) is 57.7 Å². The van der Waals surface area contributed by atoms with E-state index >= 15 is 0 Å². The molecule has 1 saturated heterocycles. The van der Waals surface area contributed by atoms with Gasteiger partial charge >= 0.3 is 24.4 Å². The highest BCUT2D eigenvalue weighted by atomic mass is 19.4. The van der Waals surface area contributed by atoms with Crippen molar-refractivity contribution in [3.63, 3.8) is 0 Å². The Morgan fingerprint density at radius 2 is 1.95 bits per heavy atom. The number of piperidine rings is 1. The molecular weight excluding hydrogens is 505 g/mol. The monoisotopic (exact) mass is 538 g/mol. The molecule has 0 amide bonds. The molecule has 6 rings (SSSR count). The van der Waals surface area contributed by atoms with Crippen LogP contribution in [0, 0.1) is 18.0 Å². The summed E-state index contributed by atoms with van der Waals surface area (Å²) in [5, 5.41) is 8.43. The van der Waals surface area contributed by atoms with Crippen LogP contribution in [0.3, 0.4) is 0 Å². The number of likely N-dealkylation sites (N-methyl/N-ethyl adjacent to an activating group) is 1. The minimum absolute atomic E-state index is 0.00297. The Labute approximate surface area is 225 Å². The number of hydrogen-bond donors (Lipinski definition) is 0. The fourth-order valence-electron chi connectivity index (χ4n) is 6.28. The highest BCUT2D eigenvalue weighted by Gasteiger charge is 2.42. The fourth-order valence-corrected chi connectivity index (χ4v) is 6.28. The number of fused-ring (bicyclic) bond motifs is 1. The number of alkyl halides is 3. The van der Waals surface area contributed by atoms with E-state index in [0.29, 0.717) is 29.6 Å². The molecule has 2 aliphatic heterocycles. The lowest BCUT2D eigenvalue weighted by Gasteiger charge is -2.34. The lowest BCUT2D eigenvalue weighted by atomic mass is 9.71. The maximum atomic E-state index is 14.2. The lowest BCUT2D eigenvalue weighted by molar-refractivity contribution is -0.480. The summed E-state index contributed by atoms with van der Waals surface area (Å²) < 4.78 is 47.1. The summed E-state index contributed by atoms with van der Waals surface area (Å²) in [6.07, 6.45) is 6.29. The van der Waals surface area contributed by atoms with Gasteiger partial charge in [0.15, 0.2) is 0 Å². The van der Waals surface area contributed by atoms with Gasteiger partial charge in [0.2, 0.25) is 0 Å². The average Bonchev–Trinajstić information content (AvgIpc) is 3.43. The number of rotatable bonds is 6. The SMILES string of the molecule is C[C@@H]1CCCN(Cc2cc(C(F)(F)F)c3cn(-c4cccc([C@H]([C]5N=NC=[N+]5C)C5CCC5)c4)c(=O)n3c2)C1. The van der Waals surface area contributed by atoms with Crippen molar-refractivity contribution >= 4 is 11.9 Å². The normalized spacial score (nSPS) is 21.9. The number of nitrogens with zero attached hydrogens (tertiary/aromatic N) is 6. The summed E-state index contributed by atoms with van der Waals surface area (Å²) in [4.78, 5) is 15.8. The van der Waals surface area contributed by atoms with E-state index in [4.69, 9.17) is 0 Å².